The Kier molecular flexibility index (Phi) is 6.18. The number of ether oxygens (including phenoxy) is 4. The van der Waals surface area contributed by atoms with Crippen molar-refractivity contribution in [1.29, 1.82) is 0 Å². The number of hydrogen-bond donors (Lipinski definition) is 3. The van der Waals surface area contributed by atoms with E-state index in [0.717, 1.165) is 10.5 Å². The van der Waals surface area contributed by atoms with Crippen LogP contribution in [-0.4, -0.2) is 56.0 Å². The monoisotopic (exact) mass is 457 g/mol. The first kappa shape index (κ1) is 22.9. The molecule has 3 N–H and O–H groups in total. The quantitative estimate of drug-likeness (QED) is 0.401. The maximum Gasteiger partial charge on any atom is 0.375 e. The Balaban J connectivity index is 1.87. The molecular formula is C24H29N2O7+. The van der Waals surface area contributed by atoms with Crippen LogP contribution in [-0.2, 0) is 20.7 Å². The number of aliphatic hydroxyl groups is 1. The van der Waals surface area contributed by atoms with E-state index in [9.17, 15) is 14.7 Å². The molecule has 0 saturated heterocycles. The predicted molar refractivity (Wildman–Crippen MR) is 119 cm³/mol. The minimum absolute atomic E-state index is 0.104. The number of carbonyl (C=O) groups excluding carboxylic acids is 2. The first-order valence-electron chi connectivity index (χ1n) is 10.9. The molecule has 9 heteroatoms. The molecule has 1 aromatic carbocycles. The van der Waals surface area contributed by atoms with Crippen LogP contribution in [0.5, 0.6) is 17.2 Å². The molecule has 1 aromatic rings. The van der Waals surface area contributed by atoms with Crippen LogP contribution in [0.2, 0.25) is 0 Å². The molecule has 0 saturated carbocycles. The zero-order valence-electron chi connectivity index (χ0n) is 19.2. The van der Waals surface area contributed by atoms with Crippen molar-refractivity contribution in [2.75, 3.05) is 26.9 Å². The molecule has 2 atom stereocenters. The molecule has 3 aliphatic rings. The average molecular weight is 458 g/mol. The van der Waals surface area contributed by atoms with Crippen LogP contribution >= 0.6 is 0 Å². The number of benzene rings is 1. The highest BCUT2D eigenvalue weighted by Crippen LogP contribution is 2.51. The first-order valence-corrected chi connectivity index (χ1v) is 10.9. The topological polar surface area (TPSA) is 108 Å². The second kappa shape index (κ2) is 8.92. The average Bonchev–Trinajstić information content (AvgIpc) is 3.44. The number of carbonyl (C=O) groups is 2. The van der Waals surface area contributed by atoms with Crippen molar-refractivity contribution in [3.8, 4) is 17.2 Å². The molecule has 3 heterocycles. The summed E-state index contributed by atoms with van der Waals surface area (Å²) in [6.45, 7) is 6.46. The molecule has 33 heavy (non-hydrogen) atoms. The number of allylic oxidation sites excluding steroid dienone is 2. The van der Waals surface area contributed by atoms with Crippen LogP contribution in [0.25, 0.3) is 5.57 Å². The van der Waals surface area contributed by atoms with Gasteiger partial charge in [-0.1, -0.05) is 0 Å². The van der Waals surface area contributed by atoms with Crippen molar-refractivity contribution in [3.63, 3.8) is 0 Å². The maximum absolute atomic E-state index is 12.6. The predicted octanol–water partition coefficient (Wildman–Crippen LogP) is 0.478. The lowest BCUT2D eigenvalue weighted by Gasteiger charge is -2.25. The van der Waals surface area contributed by atoms with Gasteiger partial charge in [-0.15, -0.1) is 0 Å². The second-order valence-electron chi connectivity index (χ2n) is 8.60. The fourth-order valence-corrected chi connectivity index (χ4v) is 4.18. The Morgan fingerprint density at radius 2 is 2.18 bits per heavy atom. The molecule has 1 unspecified atom stereocenters. The van der Waals surface area contributed by atoms with Gasteiger partial charge in [0.2, 0.25) is 5.76 Å². The SMILES string of the molecule is CCOC(=O)C1=C(C=O)/C(=C\C[NH+]2C=CNC2)c2c(cc3c(c2OC)C[C@@H](C(C)(C)O)O3)O1. The molecule has 0 amide bonds. The lowest BCUT2D eigenvalue weighted by Crippen LogP contribution is -3.07. The van der Waals surface area contributed by atoms with Crippen LogP contribution in [0.15, 0.2) is 35.9 Å². The first-order chi connectivity index (χ1) is 15.8. The van der Waals surface area contributed by atoms with Gasteiger partial charge in [-0.05, 0) is 26.8 Å². The van der Waals surface area contributed by atoms with Crippen LogP contribution in [0.1, 0.15) is 31.9 Å². The van der Waals surface area contributed by atoms with Gasteiger partial charge in [-0.2, -0.15) is 0 Å². The summed E-state index contributed by atoms with van der Waals surface area (Å²) in [5.74, 6) is 0.433. The highest BCUT2D eigenvalue weighted by molar-refractivity contribution is 6.09. The summed E-state index contributed by atoms with van der Waals surface area (Å²) in [5, 5.41) is 13.6. The molecule has 0 radical (unpaired) electrons. The summed E-state index contributed by atoms with van der Waals surface area (Å²) in [6.07, 6.45) is 6.30. The molecular weight excluding hydrogens is 428 g/mol. The molecule has 0 bridgehead atoms. The third-order valence-electron chi connectivity index (χ3n) is 5.89. The fraction of sp³-hybridized carbons (Fsp3) is 0.417. The molecule has 0 fully saturated rings. The summed E-state index contributed by atoms with van der Waals surface area (Å²) in [4.78, 5) is 26.0. The summed E-state index contributed by atoms with van der Waals surface area (Å²) in [6, 6.07) is 1.68. The maximum atomic E-state index is 12.6. The number of rotatable bonds is 7. The van der Waals surface area contributed by atoms with E-state index in [-0.39, 0.29) is 17.9 Å². The van der Waals surface area contributed by atoms with Crippen LogP contribution < -0.4 is 24.4 Å². The third-order valence-corrected chi connectivity index (χ3v) is 5.89. The van der Waals surface area contributed by atoms with Gasteiger partial charge in [-0.3, -0.25) is 9.69 Å². The molecule has 176 valence electrons. The minimum Gasteiger partial charge on any atom is -0.496 e. The highest BCUT2D eigenvalue weighted by atomic mass is 16.6. The van der Waals surface area contributed by atoms with Crippen molar-refractivity contribution in [1.82, 2.24) is 5.32 Å². The molecule has 4 rings (SSSR count). The number of fused-ring (bicyclic) bond motifs is 2. The van der Waals surface area contributed by atoms with Gasteiger partial charge in [0.25, 0.3) is 0 Å². The van der Waals surface area contributed by atoms with Crippen LogP contribution in [0.4, 0.5) is 0 Å². The van der Waals surface area contributed by atoms with Gasteiger partial charge in [0.05, 0.1) is 36.7 Å². The summed E-state index contributed by atoms with van der Waals surface area (Å²) < 4.78 is 22.8. The van der Waals surface area contributed by atoms with Gasteiger partial charge in [0, 0.05) is 23.6 Å². The Morgan fingerprint density at radius 1 is 1.39 bits per heavy atom. The Hall–Kier alpha value is -3.30. The lowest BCUT2D eigenvalue weighted by atomic mass is 9.89. The highest BCUT2D eigenvalue weighted by Gasteiger charge is 2.41. The summed E-state index contributed by atoms with van der Waals surface area (Å²) in [7, 11) is 1.54. The largest absolute Gasteiger partial charge is 0.496 e. The summed E-state index contributed by atoms with van der Waals surface area (Å²) >= 11 is 0. The smallest absolute Gasteiger partial charge is 0.375 e. The van der Waals surface area contributed by atoms with Crippen molar-refractivity contribution < 1.29 is 38.5 Å². The van der Waals surface area contributed by atoms with E-state index in [1.807, 2.05) is 18.5 Å². The van der Waals surface area contributed by atoms with Gasteiger partial charge in [0.1, 0.15) is 36.1 Å². The Labute approximate surface area is 192 Å². The van der Waals surface area contributed by atoms with E-state index < -0.39 is 17.7 Å². The van der Waals surface area contributed by atoms with Gasteiger partial charge in [0.15, 0.2) is 13.0 Å². The standard InChI is InChI=1S/C24H28N2O7/c1-5-31-23(28)22-16(12-27)14(6-8-26-9-7-25-13-26)20-18(33-22)11-17-15(21(20)30-4)10-19(32-17)24(2,3)29/h6-7,9,11-12,19,25,29H,5,8,10,13H2,1-4H3/p+1/b14-6+/t19-/m0/s1. The number of methoxy groups -OCH3 is 1. The Morgan fingerprint density at radius 3 is 2.79 bits per heavy atom. The van der Waals surface area contributed by atoms with Crippen molar-refractivity contribution in [2.45, 2.75) is 38.9 Å². The zero-order chi connectivity index (χ0) is 23.8. The molecule has 0 aliphatic carbocycles. The van der Waals surface area contributed by atoms with E-state index in [1.165, 1.54) is 7.11 Å². The van der Waals surface area contributed by atoms with E-state index >= 15 is 0 Å². The number of esters is 1. The van der Waals surface area contributed by atoms with Crippen molar-refractivity contribution in [3.05, 3.63) is 47.0 Å². The minimum atomic E-state index is -1.08. The number of hydrogen-bond acceptors (Lipinski definition) is 8. The zero-order valence-corrected chi connectivity index (χ0v) is 19.2. The van der Waals surface area contributed by atoms with Crippen LogP contribution in [0, 0.1) is 0 Å². The Bertz CT molecular complexity index is 1070. The molecule has 0 aromatic heterocycles. The molecule has 3 aliphatic heterocycles. The third kappa shape index (κ3) is 4.21. The number of nitrogens with one attached hydrogen (secondary N) is 2. The normalized spacial score (nSPS) is 22.3. The number of quaternary nitrogens is 1. The summed E-state index contributed by atoms with van der Waals surface area (Å²) in [5.41, 5.74) is 0.908. The van der Waals surface area contributed by atoms with Crippen molar-refractivity contribution >= 4 is 17.8 Å². The van der Waals surface area contributed by atoms with E-state index in [4.69, 9.17) is 18.9 Å². The molecule has 0 spiro atoms. The van der Waals surface area contributed by atoms with Crippen LogP contribution in [0.3, 0.4) is 0 Å². The fourth-order valence-electron chi connectivity index (χ4n) is 4.18. The van der Waals surface area contributed by atoms with Crippen molar-refractivity contribution in [2.24, 2.45) is 0 Å². The van der Waals surface area contributed by atoms with E-state index in [2.05, 4.69) is 5.32 Å². The van der Waals surface area contributed by atoms with Gasteiger partial charge >= 0.3 is 5.97 Å². The van der Waals surface area contributed by atoms with Gasteiger partial charge in [-0.25, -0.2) is 4.79 Å². The number of aldehydes is 1. The van der Waals surface area contributed by atoms with Gasteiger partial charge < -0.3 is 29.4 Å². The van der Waals surface area contributed by atoms with E-state index in [1.54, 1.807) is 26.8 Å². The molecule has 9 nitrogen and oxygen atoms in total. The second-order valence-corrected chi connectivity index (χ2v) is 8.60. The van der Waals surface area contributed by atoms with E-state index in [0.29, 0.717) is 54.3 Å². The lowest BCUT2D eigenvalue weighted by molar-refractivity contribution is -0.836.